The Labute approximate surface area is 451 Å². The van der Waals surface area contributed by atoms with Crippen molar-refractivity contribution >= 4 is 22.8 Å². The molecule has 2 aliphatic rings. The Balaban J connectivity index is 1.18. The predicted octanol–water partition coefficient (Wildman–Crippen LogP) is 10.6. The molecule has 13 nitrogen and oxygen atoms in total. The first-order valence-electron chi connectivity index (χ1n) is 26.1. The Morgan fingerprint density at radius 1 is 0.408 bits per heavy atom. The lowest BCUT2D eigenvalue weighted by atomic mass is 9.95. The molecular weight excluding hydrogens is 985 g/mol. The fourth-order valence-corrected chi connectivity index (χ4v) is 9.71. The van der Waals surface area contributed by atoms with E-state index in [-0.39, 0.29) is 58.0 Å². The summed E-state index contributed by atoms with van der Waals surface area (Å²) in [7, 11) is 0. The number of carbonyl (C=O) groups is 2. The van der Waals surface area contributed by atoms with Gasteiger partial charge in [-0.05, 0) is 46.2 Å². The SMILES string of the molecule is CC(=O)O[C@H]1[C@@H](OCc2ccccc2)[C@@H](COCc2ccccc2)O[C@@H](O[C@H]2[C@H](OCc3ccccc3)[C@@H](OCc3ccccc3)[C@H](OCCCCSC(C)=O)O[C@@H]2COCc2ccccc2)[C@@H]1OCc1ccccc1. The van der Waals surface area contributed by atoms with Crippen LogP contribution in [-0.2, 0) is 101 Å². The van der Waals surface area contributed by atoms with E-state index in [1.807, 2.05) is 182 Å². The van der Waals surface area contributed by atoms with Crippen molar-refractivity contribution in [3.63, 3.8) is 0 Å². The Hall–Kier alpha value is -5.59. The van der Waals surface area contributed by atoms with Crippen LogP contribution in [0.25, 0.3) is 0 Å². The second-order valence-corrected chi connectivity index (χ2v) is 20.0. The summed E-state index contributed by atoms with van der Waals surface area (Å²) in [4.78, 5) is 25.2. The van der Waals surface area contributed by atoms with Crippen LogP contribution in [0.4, 0.5) is 0 Å². The first kappa shape index (κ1) is 56.6. The van der Waals surface area contributed by atoms with Crippen molar-refractivity contribution in [1.29, 1.82) is 0 Å². The Bertz CT molecular complexity index is 2550. The van der Waals surface area contributed by atoms with Crippen molar-refractivity contribution < 1.29 is 61.7 Å². The molecule has 0 unspecified atom stereocenters. The van der Waals surface area contributed by atoms with Crippen molar-refractivity contribution in [3.05, 3.63) is 215 Å². The van der Waals surface area contributed by atoms with E-state index in [4.69, 9.17) is 52.1 Å². The van der Waals surface area contributed by atoms with Gasteiger partial charge in [-0.15, -0.1) is 0 Å². The highest BCUT2D eigenvalue weighted by Crippen LogP contribution is 2.37. The molecule has 2 fully saturated rings. The summed E-state index contributed by atoms with van der Waals surface area (Å²) in [6.45, 7) is 4.62. The van der Waals surface area contributed by atoms with E-state index in [9.17, 15) is 9.59 Å². The second-order valence-electron chi connectivity index (χ2n) is 18.7. The van der Waals surface area contributed by atoms with Gasteiger partial charge in [0.25, 0.3) is 0 Å². The van der Waals surface area contributed by atoms with Gasteiger partial charge >= 0.3 is 5.97 Å². The molecule has 0 aliphatic carbocycles. The third kappa shape index (κ3) is 18.0. The highest BCUT2D eigenvalue weighted by atomic mass is 32.2. The monoisotopic (exact) mass is 1050 g/mol. The predicted molar refractivity (Wildman–Crippen MR) is 288 cm³/mol. The average Bonchev–Trinajstić information content (AvgIpc) is 3.46. The van der Waals surface area contributed by atoms with Gasteiger partial charge in [0.1, 0.15) is 42.7 Å². The number of hydrogen-bond donors (Lipinski definition) is 0. The van der Waals surface area contributed by atoms with Gasteiger partial charge in [0.15, 0.2) is 23.8 Å². The summed E-state index contributed by atoms with van der Waals surface area (Å²) >= 11 is 1.29. The fraction of sp³-hybridized carbons (Fsp3) is 0.387. The van der Waals surface area contributed by atoms with Gasteiger partial charge in [-0.2, -0.15) is 0 Å². The molecule has 6 aromatic rings. The number of thioether (sulfide) groups is 1. The van der Waals surface area contributed by atoms with Gasteiger partial charge in [-0.25, -0.2) is 0 Å². The number of benzene rings is 6. The number of esters is 1. The maximum Gasteiger partial charge on any atom is 0.303 e. The molecule has 0 spiro atoms. The molecule has 0 bridgehead atoms. The maximum atomic E-state index is 13.4. The maximum absolute atomic E-state index is 13.4. The quantitative estimate of drug-likeness (QED) is 0.0326. The zero-order valence-electron chi connectivity index (χ0n) is 43.3. The van der Waals surface area contributed by atoms with E-state index < -0.39 is 67.4 Å². The smallest absolute Gasteiger partial charge is 0.303 e. The minimum atomic E-state index is -1.24. The van der Waals surface area contributed by atoms with Crippen LogP contribution in [0.1, 0.15) is 60.1 Å². The normalized spacial score (nSPS) is 23.4. The largest absolute Gasteiger partial charge is 0.457 e. The Kier molecular flexibility index (Phi) is 23.1. The number of unbranched alkanes of at least 4 members (excludes halogenated alkanes) is 1. The molecule has 0 radical (unpaired) electrons. The summed E-state index contributed by atoms with van der Waals surface area (Å²) in [5, 5.41) is 0.0730. The molecule has 2 heterocycles. The molecule has 0 saturated carbocycles. The summed E-state index contributed by atoms with van der Waals surface area (Å²) < 4.78 is 75.3. The molecule has 0 N–H and O–H groups in total. The first-order valence-corrected chi connectivity index (χ1v) is 27.1. The van der Waals surface area contributed by atoms with Crippen LogP contribution >= 0.6 is 11.8 Å². The molecule has 2 aliphatic heterocycles. The van der Waals surface area contributed by atoms with Gasteiger partial charge in [0.05, 0.1) is 52.9 Å². The molecule has 8 rings (SSSR count). The van der Waals surface area contributed by atoms with Crippen molar-refractivity contribution in [3.8, 4) is 0 Å². The zero-order valence-corrected chi connectivity index (χ0v) is 44.1. The van der Waals surface area contributed by atoms with Crippen LogP contribution in [0.5, 0.6) is 0 Å². The number of ether oxygens (including phenoxy) is 11. The number of hydrogen-bond acceptors (Lipinski definition) is 14. The molecule has 0 aromatic heterocycles. The summed E-state index contributed by atoms with van der Waals surface area (Å²) in [5.41, 5.74) is 5.60. The van der Waals surface area contributed by atoms with E-state index in [0.717, 1.165) is 39.8 Å². The number of rotatable bonds is 29. The van der Waals surface area contributed by atoms with Crippen LogP contribution in [0.3, 0.4) is 0 Å². The van der Waals surface area contributed by atoms with Crippen molar-refractivity contribution in [1.82, 2.24) is 0 Å². The van der Waals surface area contributed by atoms with Gasteiger partial charge in [0.2, 0.25) is 0 Å². The Morgan fingerprint density at radius 2 is 0.776 bits per heavy atom. The molecule has 14 heteroatoms. The van der Waals surface area contributed by atoms with E-state index >= 15 is 0 Å². The molecular formula is C62H70O13S. The van der Waals surface area contributed by atoms with Crippen molar-refractivity contribution in [2.45, 2.75) is 128 Å². The highest BCUT2D eigenvalue weighted by molar-refractivity contribution is 8.13. The summed E-state index contributed by atoms with van der Waals surface area (Å²) in [5.74, 6) is 0.134. The van der Waals surface area contributed by atoms with Crippen LogP contribution in [0.2, 0.25) is 0 Å². The van der Waals surface area contributed by atoms with Crippen LogP contribution in [-0.4, -0.2) is 98.1 Å². The van der Waals surface area contributed by atoms with E-state index in [2.05, 4.69) is 0 Å². The summed E-state index contributed by atoms with van der Waals surface area (Å²) in [6.07, 6.45) is -8.19. The van der Waals surface area contributed by atoms with Crippen LogP contribution in [0, 0.1) is 0 Å². The van der Waals surface area contributed by atoms with E-state index in [1.165, 1.54) is 18.7 Å². The third-order valence-electron chi connectivity index (χ3n) is 12.8. The molecule has 402 valence electrons. The second kappa shape index (κ2) is 31.0. The van der Waals surface area contributed by atoms with Gasteiger partial charge in [0, 0.05) is 26.2 Å². The van der Waals surface area contributed by atoms with Crippen molar-refractivity contribution in [2.24, 2.45) is 0 Å². The number of carbonyl (C=O) groups excluding carboxylic acids is 2. The Morgan fingerprint density at radius 3 is 1.20 bits per heavy atom. The lowest BCUT2D eigenvalue weighted by molar-refractivity contribution is -0.375. The topological polar surface area (TPSA) is 136 Å². The third-order valence-corrected chi connectivity index (χ3v) is 13.7. The minimum Gasteiger partial charge on any atom is -0.457 e. The zero-order chi connectivity index (χ0) is 52.6. The van der Waals surface area contributed by atoms with Gasteiger partial charge in [-0.3, -0.25) is 9.59 Å². The molecule has 2 saturated heterocycles. The molecule has 0 amide bonds. The van der Waals surface area contributed by atoms with E-state index in [1.54, 1.807) is 6.92 Å². The molecule has 6 aromatic carbocycles. The fourth-order valence-electron chi connectivity index (χ4n) is 9.08. The van der Waals surface area contributed by atoms with Crippen LogP contribution in [0.15, 0.2) is 182 Å². The molecule has 76 heavy (non-hydrogen) atoms. The minimum absolute atomic E-state index is 0.0414. The molecule has 10 atom stereocenters. The van der Waals surface area contributed by atoms with E-state index in [0.29, 0.717) is 18.8 Å². The highest BCUT2D eigenvalue weighted by Gasteiger charge is 2.55. The summed E-state index contributed by atoms with van der Waals surface area (Å²) in [6, 6.07) is 59.0. The first-order chi connectivity index (χ1) is 37.4. The van der Waals surface area contributed by atoms with Gasteiger partial charge < -0.3 is 52.1 Å². The van der Waals surface area contributed by atoms with Gasteiger partial charge in [-0.1, -0.05) is 194 Å². The van der Waals surface area contributed by atoms with Crippen LogP contribution < -0.4 is 0 Å². The lowest BCUT2D eigenvalue weighted by Crippen LogP contribution is -2.66. The standard InChI is InChI=1S/C62H70O13S/c1-45(63)72-58-55(68-39-49-27-13-5-14-28-49)53(43-65-37-47-23-9-3-10-24-47)74-62(60(58)71-42-52-33-19-8-20-34-52)75-56-54(44-66-38-48-25-11-4-12-26-48)73-61(67-35-21-22-36-76-46(2)64)59(70-41-51-31-17-7-18-32-51)57(56)69-40-50-29-15-6-16-30-50/h3-20,23-34,53-62H,21-22,35-44H2,1-2H3/t53-,54-,55+,56-,57+,58+,59-,60-,61-,62+/m1/s1. The van der Waals surface area contributed by atoms with Crippen molar-refractivity contribution in [2.75, 3.05) is 25.6 Å². The lowest BCUT2D eigenvalue weighted by Gasteiger charge is -2.50. The average molecular weight is 1060 g/mol.